The van der Waals surface area contributed by atoms with Crippen LogP contribution in [0.2, 0.25) is 5.02 Å². The van der Waals surface area contributed by atoms with E-state index in [1.807, 2.05) is 25.1 Å². The van der Waals surface area contributed by atoms with Crippen molar-refractivity contribution in [1.82, 2.24) is 9.97 Å². The summed E-state index contributed by atoms with van der Waals surface area (Å²) in [5.41, 5.74) is 2.41. The van der Waals surface area contributed by atoms with E-state index in [-0.39, 0.29) is 0 Å². The number of rotatable bonds is 4. The number of anilines is 1. The van der Waals surface area contributed by atoms with Crippen molar-refractivity contribution in [3.63, 3.8) is 0 Å². The quantitative estimate of drug-likeness (QED) is 0.737. The van der Waals surface area contributed by atoms with Crippen LogP contribution in [0, 0.1) is 20.8 Å². The van der Waals surface area contributed by atoms with Crippen LogP contribution in [0.4, 0.5) is 5.82 Å². The van der Waals surface area contributed by atoms with E-state index in [2.05, 4.69) is 35.2 Å². The molecule has 0 radical (unpaired) electrons. The van der Waals surface area contributed by atoms with Crippen LogP contribution < -0.4 is 5.32 Å². The summed E-state index contributed by atoms with van der Waals surface area (Å²) in [5, 5.41) is 5.42. The van der Waals surface area contributed by atoms with Gasteiger partial charge in [0.2, 0.25) is 0 Å². The maximum absolute atomic E-state index is 6.20. The first kappa shape index (κ1) is 15.3. The van der Waals surface area contributed by atoms with Crippen LogP contribution >= 0.6 is 22.9 Å². The fraction of sp³-hybridized carbons (Fsp3) is 0.294. The van der Waals surface area contributed by atoms with Gasteiger partial charge in [-0.05, 0) is 44.4 Å². The molecule has 0 unspecified atom stereocenters. The first-order valence-electron chi connectivity index (χ1n) is 7.28. The predicted octanol–water partition coefficient (Wildman–Crippen LogP) is 4.92. The number of nitrogens with zero attached hydrogens (tertiary/aromatic N) is 2. The van der Waals surface area contributed by atoms with Crippen molar-refractivity contribution < 1.29 is 0 Å². The van der Waals surface area contributed by atoms with E-state index >= 15 is 0 Å². The summed E-state index contributed by atoms with van der Waals surface area (Å²) in [7, 11) is 0. The van der Waals surface area contributed by atoms with Gasteiger partial charge in [-0.1, -0.05) is 29.8 Å². The molecule has 1 N–H and O–H groups in total. The minimum absolute atomic E-state index is 0.795. The Morgan fingerprint density at radius 2 is 1.91 bits per heavy atom. The molecule has 3 rings (SSSR count). The third-order valence-corrected chi connectivity index (χ3v) is 5.25. The summed E-state index contributed by atoms with van der Waals surface area (Å²) in [6.07, 6.45) is 0.867. The van der Waals surface area contributed by atoms with E-state index in [0.717, 1.165) is 45.4 Å². The number of aryl methyl sites for hydroxylation is 3. The Morgan fingerprint density at radius 3 is 2.68 bits per heavy atom. The molecule has 0 aliphatic heterocycles. The summed E-state index contributed by atoms with van der Waals surface area (Å²) >= 11 is 7.93. The topological polar surface area (TPSA) is 37.8 Å². The van der Waals surface area contributed by atoms with Gasteiger partial charge in [0.15, 0.2) is 0 Å². The van der Waals surface area contributed by atoms with Crippen molar-refractivity contribution in [3.05, 3.63) is 51.1 Å². The van der Waals surface area contributed by atoms with Gasteiger partial charge in [-0.15, -0.1) is 11.3 Å². The zero-order valence-electron chi connectivity index (χ0n) is 12.9. The van der Waals surface area contributed by atoms with Gasteiger partial charge in [-0.3, -0.25) is 0 Å². The molecule has 3 nitrogen and oxygen atoms in total. The first-order chi connectivity index (χ1) is 10.6. The van der Waals surface area contributed by atoms with Crippen LogP contribution in [0.1, 0.15) is 21.8 Å². The van der Waals surface area contributed by atoms with E-state index in [1.165, 1.54) is 10.4 Å². The largest absolute Gasteiger partial charge is 0.369 e. The zero-order chi connectivity index (χ0) is 15.7. The summed E-state index contributed by atoms with van der Waals surface area (Å²) in [6.45, 7) is 6.99. The smallest absolute Gasteiger partial charge is 0.138 e. The van der Waals surface area contributed by atoms with Crippen LogP contribution in [0.15, 0.2) is 24.3 Å². The molecule has 5 heteroatoms. The molecule has 0 fully saturated rings. The molecule has 3 aromatic rings. The number of nitrogens with one attached hydrogen (secondary N) is 1. The molecule has 0 aliphatic carbocycles. The van der Waals surface area contributed by atoms with Crippen LogP contribution in [0.3, 0.4) is 0 Å². The van der Waals surface area contributed by atoms with Gasteiger partial charge in [-0.2, -0.15) is 0 Å². The maximum Gasteiger partial charge on any atom is 0.138 e. The third kappa shape index (κ3) is 2.94. The number of benzene rings is 1. The van der Waals surface area contributed by atoms with Crippen LogP contribution in [0.5, 0.6) is 0 Å². The second-order valence-corrected chi connectivity index (χ2v) is 6.96. The van der Waals surface area contributed by atoms with Crippen molar-refractivity contribution in [2.24, 2.45) is 0 Å². The van der Waals surface area contributed by atoms with Gasteiger partial charge in [0, 0.05) is 16.4 Å². The van der Waals surface area contributed by atoms with Crippen molar-refractivity contribution in [1.29, 1.82) is 0 Å². The SMILES string of the molecule is Cc1nc(NCCc2ccccc2Cl)c2c(C)c(C)sc2n1. The summed E-state index contributed by atoms with van der Waals surface area (Å²) in [4.78, 5) is 11.5. The molecule has 0 saturated carbocycles. The number of fused-ring (bicyclic) bond motifs is 1. The minimum atomic E-state index is 0.795. The van der Waals surface area contributed by atoms with Gasteiger partial charge >= 0.3 is 0 Å². The van der Waals surface area contributed by atoms with Gasteiger partial charge in [0.25, 0.3) is 0 Å². The molecule has 2 aromatic heterocycles. The highest BCUT2D eigenvalue weighted by Crippen LogP contribution is 2.33. The summed E-state index contributed by atoms with van der Waals surface area (Å²) < 4.78 is 0. The highest BCUT2D eigenvalue weighted by molar-refractivity contribution is 7.18. The molecule has 1 aromatic carbocycles. The highest BCUT2D eigenvalue weighted by Gasteiger charge is 2.13. The lowest BCUT2D eigenvalue weighted by Gasteiger charge is -2.09. The Kier molecular flexibility index (Phi) is 4.32. The first-order valence-corrected chi connectivity index (χ1v) is 8.47. The highest BCUT2D eigenvalue weighted by atomic mass is 35.5. The predicted molar refractivity (Wildman–Crippen MR) is 95.3 cm³/mol. The normalized spacial score (nSPS) is 11.1. The molecule has 0 aliphatic rings. The number of halogens is 1. The van der Waals surface area contributed by atoms with E-state index in [0.29, 0.717) is 0 Å². The van der Waals surface area contributed by atoms with Crippen LogP contribution in [-0.4, -0.2) is 16.5 Å². The van der Waals surface area contributed by atoms with Crippen LogP contribution in [-0.2, 0) is 6.42 Å². The van der Waals surface area contributed by atoms with Crippen LogP contribution in [0.25, 0.3) is 10.2 Å². The Balaban J connectivity index is 1.83. The van der Waals surface area contributed by atoms with Crippen molar-refractivity contribution >= 4 is 39.0 Å². The summed E-state index contributed by atoms with van der Waals surface area (Å²) in [5.74, 6) is 1.73. The standard InChI is InChI=1S/C17H18ClN3S/c1-10-11(2)22-17-15(10)16(20-12(3)21-17)19-9-8-13-6-4-5-7-14(13)18/h4-7H,8-9H2,1-3H3,(H,19,20,21). The molecule has 114 valence electrons. The molecular formula is C17H18ClN3S. The lowest BCUT2D eigenvalue weighted by atomic mass is 10.1. The summed E-state index contributed by atoms with van der Waals surface area (Å²) in [6, 6.07) is 7.95. The van der Waals surface area contributed by atoms with Crippen molar-refractivity contribution in [2.75, 3.05) is 11.9 Å². The lowest BCUT2D eigenvalue weighted by molar-refractivity contribution is 0.995. The zero-order valence-corrected chi connectivity index (χ0v) is 14.5. The molecule has 0 bridgehead atoms. The fourth-order valence-electron chi connectivity index (χ4n) is 2.50. The Bertz CT molecular complexity index is 826. The van der Waals surface area contributed by atoms with Crippen molar-refractivity contribution in [2.45, 2.75) is 27.2 Å². The maximum atomic E-state index is 6.20. The molecule has 0 atom stereocenters. The molecule has 2 heterocycles. The average Bonchev–Trinajstić information content (AvgIpc) is 2.75. The minimum Gasteiger partial charge on any atom is -0.369 e. The molecular weight excluding hydrogens is 314 g/mol. The monoisotopic (exact) mass is 331 g/mol. The van der Waals surface area contributed by atoms with Gasteiger partial charge in [-0.25, -0.2) is 9.97 Å². The Labute approximate surface area is 139 Å². The molecule has 0 saturated heterocycles. The van der Waals surface area contributed by atoms with Crippen molar-refractivity contribution in [3.8, 4) is 0 Å². The molecule has 0 amide bonds. The van der Waals surface area contributed by atoms with Gasteiger partial charge < -0.3 is 5.32 Å². The van der Waals surface area contributed by atoms with E-state index in [1.54, 1.807) is 11.3 Å². The number of hydrogen-bond acceptors (Lipinski definition) is 4. The number of aromatic nitrogens is 2. The second-order valence-electron chi connectivity index (χ2n) is 5.35. The Hall–Kier alpha value is -1.65. The lowest BCUT2D eigenvalue weighted by Crippen LogP contribution is -2.08. The van der Waals surface area contributed by atoms with E-state index in [4.69, 9.17) is 11.6 Å². The molecule has 22 heavy (non-hydrogen) atoms. The molecule has 0 spiro atoms. The average molecular weight is 332 g/mol. The van der Waals surface area contributed by atoms with Gasteiger partial charge in [0.05, 0.1) is 5.39 Å². The second kappa shape index (κ2) is 6.23. The Morgan fingerprint density at radius 1 is 1.14 bits per heavy atom. The van der Waals surface area contributed by atoms with E-state index in [9.17, 15) is 0 Å². The number of thiophene rings is 1. The van der Waals surface area contributed by atoms with E-state index < -0.39 is 0 Å². The fourth-order valence-corrected chi connectivity index (χ4v) is 3.81. The van der Waals surface area contributed by atoms with Gasteiger partial charge in [0.1, 0.15) is 16.5 Å². The number of hydrogen-bond donors (Lipinski definition) is 1. The third-order valence-electron chi connectivity index (χ3n) is 3.79.